The summed E-state index contributed by atoms with van der Waals surface area (Å²) >= 11 is 0. The molecule has 4 nitrogen and oxygen atoms in total. The molecule has 45 heavy (non-hydrogen) atoms. The Morgan fingerprint density at radius 3 is 1.13 bits per heavy atom. The zero-order chi connectivity index (χ0) is 29.7. The fourth-order valence-electron chi connectivity index (χ4n) is 6.21. The van der Waals surface area contributed by atoms with Crippen LogP contribution in [0.4, 0.5) is 0 Å². The number of benzene rings is 5. The summed E-state index contributed by atoms with van der Waals surface area (Å²) in [5.41, 5.74) is 9.32. The molecular weight excluding hydrogens is 571 g/mol. The van der Waals surface area contributed by atoms with Crippen molar-refractivity contribution in [3.8, 4) is 67.5 Å². The van der Waals surface area contributed by atoms with E-state index in [2.05, 4.69) is 107 Å². The van der Waals surface area contributed by atoms with Gasteiger partial charge < -0.3 is 9.47 Å². The molecule has 4 heterocycles. The lowest BCUT2D eigenvalue weighted by Crippen LogP contribution is -2.32. The lowest BCUT2D eigenvalue weighted by molar-refractivity contribution is 0.466. The van der Waals surface area contributed by atoms with Crippen molar-refractivity contribution in [2.24, 2.45) is 0 Å². The zero-order valence-electron chi connectivity index (χ0n) is 24.1. The molecule has 5 aromatic carbocycles. The number of nitrogens with zero attached hydrogens (tertiary/aromatic N) is 2. The maximum atomic E-state index is 6.50. The normalized spacial score (nSPS) is 12.7. The Bertz CT molecular complexity index is 2050. The van der Waals surface area contributed by atoms with Gasteiger partial charge in [0.25, 0.3) is 0 Å². The fraction of sp³-hybridized carbons (Fsp3) is 0. The second kappa shape index (κ2) is 10.6. The van der Waals surface area contributed by atoms with Crippen LogP contribution in [-0.2, 0) is 0 Å². The van der Waals surface area contributed by atoms with E-state index in [4.69, 9.17) is 9.47 Å². The van der Waals surface area contributed by atoms with Gasteiger partial charge in [0.2, 0.25) is 0 Å². The molecule has 0 aliphatic carbocycles. The third-order valence-electron chi connectivity index (χ3n) is 8.49. The lowest BCUT2D eigenvalue weighted by atomic mass is 10.0. The summed E-state index contributed by atoms with van der Waals surface area (Å²) in [6.07, 6.45) is 7.32. The van der Waals surface area contributed by atoms with Gasteiger partial charge in [-0.05, 0) is 105 Å². The SMILES string of the molecule is c1cc2c3c(c1)Oc1ccc(-c4ccc(-c5ccncc5)cc4)cc1P3c1cc(-c3ccc(-c4ccncc4)cc3)ccc1O2. The highest BCUT2D eigenvalue weighted by molar-refractivity contribution is 7.80. The summed E-state index contributed by atoms with van der Waals surface area (Å²) in [4.78, 5) is 8.30. The van der Waals surface area contributed by atoms with E-state index in [0.29, 0.717) is 0 Å². The predicted octanol–water partition coefficient (Wildman–Crippen LogP) is 9.11. The van der Waals surface area contributed by atoms with Gasteiger partial charge in [0.15, 0.2) is 0 Å². The first-order chi connectivity index (χ1) is 22.3. The standard InChI is InChI=1S/C40H25N2O2P/c1-2-36-40-37(3-1)44-35-15-13-33(29-10-6-27(7-11-29)31-18-22-42-23-19-31)25-39(35)45(40)38-24-32(12-14-34(38)43-36)28-8-4-26(5-9-28)30-16-20-41-21-17-30/h1-25H. The van der Waals surface area contributed by atoms with Crippen molar-refractivity contribution in [2.45, 2.75) is 0 Å². The number of aromatic nitrogens is 2. The van der Waals surface area contributed by atoms with Crippen molar-refractivity contribution in [3.05, 3.63) is 152 Å². The van der Waals surface area contributed by atoms with Crippen LogP contribution in [0.2, 0.25) is 0 Å². The van der Waals surface area contributed by atoms with E-state index < -0.39 is 7.92 Å². The second-order valence-electron chi connectivity index (χ2n) is 11.1. The number of pyridine rings is 2. The lowest BCUT2D eigenvalue weighted by Gasteiger charge is -2.35. The number of rotatable bonds is 4. The van der Waals surface area contributed by atoms with Crippen molar-refractivity contribution >= 4 is 23.8 Å². The molecule has 2 aliphatic heterocycles. The Kier molecular flexibility index (Phi) is 6.07. The van der Waals surface area contributed by atoms with Gasteiger partial charge in [-0.2, -0.15) is 0 Å². The summed E-state index contributed by atoms with van der Waals surface area (Å²) in [5.74, 6) is 3.56. The predicted molar refractivity (Wildman–Crippen MR) is 183 cm³/mol. The van der Waals surface area contributed by atoms with E-state index >= 15 is 0 Å². The molecule has 0 fully saturated rings. The minimum atomic E-state index is -0.913. The Labute approximate surface area is 262 Å². The maximum absolute atomic E-state index is 6.50. The van der Waals surface area contributed by atoms with Crippen LogP contribution in [0.3, 0.4) is 0 Å². The highest BCUT2D eigenvalue weighted by Crippen LogP contribution is 2.53. The molecule has 0 atom stereocenters. The fourth-order valence-corrected chi connectivity index (χ4v) is 8.85. The van der Waals surface area contributed by atoms with Gasteiger partial charge in [0.05, 0.1) is 5.30 Å². The van der Waals surface area contributed by atoms with Crippen molar-refractivity contribution in [1.82, 2.24) is 9.97 Å². The Morgan fingerprint density at radius 1 is 0.356 bits per heavy atom. The van der Waals surface area contributed by atoms with Crippen LogP contribution >= 0.6 is 7.92 Å². The Hall–Kier alpha value is -5.57. The molecule has 2 aromatic heterocycles. The van der Waals surface area contributed by atoms with Crippen LogP contribution < -0.4 is 25.4 Å². The summed E-state index contributed by atoms with van der Waals surface area (Å²) in [5, 5.41) is 3.55. The summed E-state index contributed by atoms with van der Waals surface area (Å²) in [6, 6.07) is 44.9. The van der Waals surface area contributed by atoms with Gasteiger partial charge in [-0.1, -0.05) is 66.7 Å². The van der Waals surface area contributed by atoms with Crippen LogP contribution in [0.1, 0.15) is 0 Å². The minimum Gasteiger partial charge on any atom is -0.456 e. The van der Waals surface area contributed by atoms with Crippen molar-refractivity contribution in [2.75, 3.05) is 0 Å². The molecule has 0 spiro atoms. The molecule has 0 unspecified atom stereocenters. The molecule has 5 heteroatoms. The van der Waals surface area contributed by atoms with Gasteiger partial charge in [0, 0.05) is 43.3 Å². The van der Waals surface area contributed by atoms with Gasteiger partial charge in [-0.3, -0.25) is 9.97 Å². The molecule has 2 aliphatic rings. The second-order valence-corrected chi connectivity index (χ2v) is 13.2. The van der Waals surface area contributed by atoms with Gasteiger partial charge in [0.1, 0.15) is 23.0 Å². The van der Waals surface area contributed by atoms with Gasteiger partial charge >= 0.3 is 0 Å². The average Bonchev–Trinajstić information content (AvgIpc) is 3.12. The van der Waals surface area contributed by atoms with E-state index in [1.165, 1.54) is 32.9 Å². The van der Waals surface area contributed by atoms with Crippen LogP contribution in [0, 0.1) is 0 Å². The Morgan fingerprint density at radius 2 is 0.711 bits per heavy atom. The Balaban J connectivity index is 1.13. The molecule has 0 N–H and O–H groups in total. The molecule has 9 rings (SSSR count). The number of fused-ring (bicyclic) bond motifs is 4. The first-order valence-electron chi connectivity index (χ1n) is 14.9. The van der Waals surface area contributed by atoms with E-state index in [1.807, 2.05) is 55.1 Å². The number of hydrogen-bond acceptors (Lipinski definition) is 4. The first kappa shape index (κ1) is 25.9. The van der Waals surface area contributed by atoms with Crippen molar-refractivity contribution < 1.29 is 9.47 Å². The summed E-state index contributed by atoms with van der Waals surface area (Å²) < 4.78 is 13.0. The van der Waals surface area contributed by atoms with Gasteiger partial charge in [-0.25, -0.2) is 0 Å². The van der Waals surface area contributed by atoms with E-state index in [-0.39, 0.29) is 0 Å². The smallest absolute Gasteiger partial charge is 0.139 e. The van der Waals surface area contributed by atoms with Crippen LogP contribution in [0.25, 0.3) is 44.5 Å². The topological polar surface area (TPSA) is 44.2 Å². The van der Waals surface area contributed by atoms with Crippen molar-refractivity contribution in [3.63, 3.8) is 0 Å². The largest absolute Gasteiger partial charge is 0.456 e. The summed E-state index contributed by atoms with van der Waals surface area (Å²) in [6.45, 7) is 0. The monoisotopic (exact) mass is 596 g/mol. The zero-order valence-corrected chi connectivity index (χ0v) is 25.0. The first-order valence-corrected chi connectivity index (χ1v) is 16.2. The molecular formula is C40H25N2O2P. The third kappa shape index (κ3) is 4.50. The number of ether oxygens (including phenoxy) is 2. The maximum Gasteiger partial charge on any atom is 0.139 e. The third-order valence-corrected chi connectivity index (χ3v) is 11.0. The van der Waals surface area contributed by atoms with Crippen LogP contribution in [-0.4, -0.2) is 9.97 Å². The van der Waals surface area contributed by atoms with Crippen LogP contribution in [0.15, 0.2) is 152 Å². The van der Waals surface area contributed by atoms with E-state index in [0.717, 1.165) is 50.6 Å². The number of hydrogen-bond donors (Lipinski definition) is 0. The molecule has 0 radical (unpaired) electrons. The molecule has 0 saturated carbocycles. The van der Waals surface area contributed by atoms with E-state index in [1.54, 1.807) is 0 Å². The van der Waals surface area contributed by atoms with E-state index in [9.17, 15) is 0 Å². The molecule has 0 amide bonds. The highest BCUT2D eigenvalue weighted by atomic mass is 31.1. The molecule has 7 aromatic rings. The quantitative estimate of drug-likeness (QED) is 0.190. The average molecular weight is 597 g/mol. The highest BCUT2D eigenvalue weighted by Gasteiger charge is 2.37. The molecule has 212 valence electrons. The van der Waals surface area contributed by atoms with Crippen molar-refractivity contribution in [1.29, 1.82) is 0 Å². The molecule has 0 saturated heterocycles. The van der Waals surface area contributed by atoms with Crippen LogP contribution in [0.5, 0.6) is 23.0 Å². The minimum absolute atomic E-state index is 0.873. The summed E-state index contributed by atoms with van der Waals surface area (Å²) in [7, 11) is -0.913. The molecule has 0 bridgehead atoms. The van der Waals surface area contributed by atoms with Gasteiger partial charge in [-0.15, -0.1) is 0 Å².